The second kappa shape index (κ2) is 5.42. The molecule has 0 aromatic heterocycles. The summed E-state index contributed by atoms with van der Waals surface area (Å²) in [5, 5.41) is 12.8. The summed E-state index contributed by atoms with van der Waals surface area (Å²) in [7, 11) is 1.39. The average molecular weight is 297 g/mol. The lowest BCUT2D eigenvalue weighted by molar-refractivity contribution is -0.122. The first-order valence-electron chi connectivity index (χ1n) is 5.89. The lowest BCUT2D eigenvalue weighted by atomic mass is 10.1. The summed E-state index contributed by atoms with van der Waals surface area (Å²) in [6.45, 7) is 1.97. The van der Waals surface area contributed by atoms with Crippen LogP contribution in [-0.2, 0) is 4.79 Å². The molecule has 2 rings (SSSR count). The van der Waals surface area contributed by atoms with Gasteiger partial charge in [-0.15, -0.1) is 0 Å². The van der Waals surface area contributed by atoms with Crippen LogP contribution in [0.3, 0.4) is 0 Å². The lowest BCUT2D eigenvalue weighted by Gasteiger charge is -2.08. The number of urea groups is 1. The minimum absolute atomic E-state index is 0.0801. The maximum Gasteiger partial charge on any atom is 0.328 e. The van der Waals surface area contributed by atoms with Crippen LogP contribution in [0.4, 0.5) is 4.79 Å². The van der Waals surface area contributed by atoms with Crippen molar-refractivity contribution in [2.45, 2.75) is 6.92 Å². The lowest BCUT2D eigenvalue weighted by Crippen LogP contribution is -2.30. The third kappa shape index (κ3) is 2.42. The van der Waals surface area contributed by atoms with Crippen molar-refractivity contribution in [3.8, 4) is 11.5 Å². The molecule has 0 spiro atoms. The Hall–Kier alpha value is -2.21. The van der Waals surface area contributed by atoms with Gasteiger partial charge in [0.1, 0.15) is 5.70 Å². The number of nitrogens with zero attached hydrogens (tertiary/aromatic N) is 1. The molecule has 106 valence electrons. The van der Waals surface area contributed by atoms with E-state index in [4.69, 9.17) is 16.3 Å². The van der Waals surface area contributed by atoms with Gasteiger partial charge in [0, 0.05) is 23.2 Å². The van der Waals surface area contributed by atoms with Crippen LogP contribution in [0.5, 0.6) is 11.5 Å². The fourth-order valence-corrected chi connectivity index (χ4v) is 2.09. The van der Waals surface area contributed by atoms with Gasteiger partial charge in [-0.3, -0.25) is 9.69 Å². The van der Waals surface area contributed by atoms with E-state index < -0.39 is 11.9 Å². The summed E-state index contributed by atoms with van der Waals surface area (Å²) in [6, 6.07) is 2.43. The van der Waals surface area contributed by atoms with Gasteiger partial charge in [-0.1, -0.05) is 11.6 Å². The number of hydrogen-bond acceptors (Lipinski definition) is 4. The zero-order valence-corrected chi connectivity index (χ0v) is 11.7. The second-order valence-electron chi connectivity index (χ2n) is 4.08. The Morgan fingerprint density at radius 2 is 2.15 bits per heavy atom. The Morgan fingerprint density at radius 1 is 1.45 bits per heavy atom. The molecule has 1 aromatic carbocycles. The van der Waals surface area contributed by atoms with Gasteiger partial charge >= 0.3 is 6.03 Å². The molecule has 7 heteroatoms. The van der Waals surface area contributed by atoms with Crippen molar-refractivity contribution in [1.29, 1.82) is 0 Å². The van der Waals surface area contributed by atoms with Crippen LogP contribution >= 0.6 is 11.6 Å². The SMILES string of the molecule is CCN1C(=O)N/C(=C/c2cc(Cl)cc(OC)c2O)C1=O. The first-order valence-corrected chi connectivity index (χ1v) is 6.26. The van der Waals surface area contributed by atoms with Gasteiger partial charge in [0.2, 0.25) is 0 Å². The number of methoxy groups -OCH3 is 1. The average Bonchev–Trinajstić information content (AvgIpc) is 2.67. The van der Waals surface area contributed by atoms with Crippen molar-refractivity contribution in [3.05, 3.63) is 28.4 Å². The van der Waals surface area contributed by atoms with E-state index in [9.17, 15) is 14.7 Å². The number of halogens is 1. The van der Waals surface area contributed by atoms with Crippen molar-refractivity contribution in [2.75, 3.05) is 13.7 Å². The summed E-state index contributed by atoms with van der Waals surface area (Å²) < 4.78 is 4.97. The van der Waals surface area contributed by atoms with Crippen LogP contribution in [-0.4, -0.2) is 35.6 Å². The highest BCUT2D eigenvalue weighted by Gasteiger charge is 2.32. The van der Waals surface area contributed by atoms with Gasteiger partial charge in [0.25, 0.3) is 5.91 Å². The molecule has 6 nitrogen and oxygen atoms in total. The number of phenolic OH excluding ortho intramolecular Hbond substituents is 1. The fraction of sp³-hybridized carbons (Fsp3) is 0.231. The molecule has 1 aliphatic rings. The standard InChI is InChI=1S/C13H13ClN2O4/c1-3-16-12(18)9(15-13(16)19)5-7-4-8(14)6-10(20-2)11(7)17/h4-6,17H,3H2,1-2H3,(H,15,19)/b9-5+. The number of carbonyl (C=O) groups is 2. The molecule has 3 amide bonds. The molecule has 0 unspecified atom stereocenters. The quantitative estimate of drug-likeness (QED) is 0.660. The minimum Gasteiger partial charge on any atom is -0.504 e. The van der Waals surface area contributed by atoms with E-state index in [0.717, 1.165) is 4.90 Å². The molecule has 0 bridgehead atoms. The second-order valence-corrected chi connectivity index (χ2v) is 4.52. The highest BCUT2D eigenvalue weighted by molar-refractivity contribution is 6.31. The molecule has 0 atom stereocenters. The number of carbonyl (C=O) groups excluding carboxylic acids is 2. The smallest absolute Gasteiger partial charge is 0.328 e. The summed E-state index contributed by atoms with van der Waals surface area (Å²) in [6.07, 6.45) is 1.36. The van der Waals surface area contributed by atoms with Crippen molar-refractivity contribution in [3.63, 3.8) is 0 Å². The van der Waals surface area contributed by atoms with Gasteiger partial charge in [-0.2, -0.15) is 0 Å². The summed E-state index contributed by atoms with van der Waals surface area (Å²) in [5.41, 5.74) is 0.368. The van der Waals surface area contributed by atoms with Crippen molar-refractivity contribution in [2.24, 2.45) is 0 Å². The van der Waals surface area contributed by atoms with Crippen LogP contribution in [0, 0.1) is 0 Å². The van der Waals surface area contributed by atoms with Crippen molar-refractivity contribution in [1.82, 2.24) is 10.2 Å². The molecule has 1 aromatic rings. The molecule has 0 saturated carbocycles. The highest BCUT2D eigenvalue weighted by atomic mass is 35.5. The van der Waals surface area contributed by atoms with Crippen LogP contribution in [0.25, 0.3) is 6.08 Å². The number of benzene rings is 1. The van der Waals surface area contributed by atoms with Gasteiger partial charge in [0.15, 0.2) is 11.5 Å². The van der Waals surface area contributed by atoms with E-state index in [-0.39, 0.29) is 29.3 Å². The number of ether oxygens (including phenoxy) is 1. The van der Waals surface area contributed by atoms with E-state index in [0.29, 0.717) is 5.02 Å². The minimum atomic E-state index is -0.489. The molecular weight excluding hydrogens is 284 g/mol. The Bertz CT molecular complexity index is 613. The number of amides is 3. The van der Waals surface area contributed by atoms with Crippen molar-refractivity contribution >= 4 is 29.6 Å². The number of aromatic hydroxyl groups is 1. The number of nitrogens with one attached hydrogen (secondary N) is 1. The maximum absolute atomic E-state index is 11.9. The highest BCUT2D eigenvalue weighted by Crippen LogP contribution is 2.34. The third-order valence-corrected chi connectivity index (χ3v) is 3.09. The van der Waals surface area contributed by atoms with Gasteiger partial charge < -0.3 is 15.2 Å². The normalized spacial score (nSPS) is 16.8. The van der Waals surface area contributed by atoms with Gasteiger partial charge in [-0.25, -0.2) is 4.79 Å². The Balaban J connectivity index is 2.44. The number of likely N-dealkylation sites (N-methyl/N-ethyl adjacent to an activating group) is 1. The zero-order chi connectivity index (χ0) is 14.9. The van der Waals surface area contributed by atoms with E-state index >= 15 is 0 Å². The predicted octanol–water partition coefficient (Wildman–Crippen LogP) is 1.97. The molecule has 1 aliphatic heterocycles. The molecule has 2 N–H and O–H groups in total. The van der Waals surface area contributed by atoms with Gasteiger partial charge in [-0.05, 0) is 19.1 Å². The summed E-state index contributed by atoms with van der Waals surface area (Å²) in [5.74, 6) is -0.411. The Morgan fingerprint density at radius 3 is 2.70 bits per heavy atom. The summed E-state index contributed by atoms with van der Waals surface area (Å²) >= 11 is 5.90. The number of phenols is 1. The first-order chi connectivity index (χ1) is 9.47. The van der Waals surface area contributed by atoms with E-state index in [1.807, 2.05) is 0 Å². The number of rotatable bonds is 3. The Labute approximate surface area is 120 Å². The summed E-state index contributed by atoms with van der Waals surface area (Å²) in [4.78, 5) is 24.5. The molecule has 1 fully saturated rings. The maximum atomic E-state index is 11.9. The first kappa shape index (κ1) is 14.2. The van der Waals surface area contributed by atoms with Gasteiger partial charge in [0.05, 0.1) is 7.11 Å². The third-order valence-electron chi connectivity index (χ3n) is 2.87. The monoisotopic (exact) mass is 296 g/mol. The van der Waals surface area contributed by atoms with E-state index in [1.54, 1.807) is 6.92 Å². The van der Waals surface area contributed by atoms with Crippen LogP contribution in [0.15, 0.2) is 17.8 Å². The van der Waals surface area contributed by atoms with Crippen LogP contribution in [0.2, 0.25) is 5.02 Å². The number of hydrogen-bond donors (Lipinski definition) is 2. The zero-order valence-electron chi connectivity index (χ0n) is 10.9. The topological polar surface area (TPSA) is 78.9 Å². The number of imide groups is 1. The molecule has 20 heavy (non-hydrogen) atoms. The molecule has 0 radical (unpaired) electrons. The largest absolute Gasteiger partial charge is 0.504 e. The fourth-order valence-electron chi connectivity index (χ4n) is 1.87. The van der Waals surface area contributed by atoms with Crippen LogP contribution < -0.4 is 10.1 Å². The van der Waals surface area contributed by atoms with E-state index in [2.05, 4.69) is 5.32 Å². The predicted molar refractivity (Wildman–Crippen MR) is 73.6 cm³/mol. The van der Waals surface area contributed by atoms with Crippen molar-refractivity contribution < 1.29 is 19.4 Å². The molecule has 1 heterocycles. The molecular formula is C13H13ClN2O4. The van der Waals surface area contributed by atoms with Crippen LogP contribution in [0.1, 0.15) is 12.5 Å². The molecule has 1 saturated heterocycles. The van der Waals surface area contributed by atoms with E-state index in [1.165, 1.54) is 25.3 Å². The molecule has 0 aliphatic carbocycles. The Kier molecular flexibility index (Phi) is 3.85.